The van der Waals surface area contributed by atoms with E-state index >= 15 is 0 Å². The van der Waals surface area contributed by atoms with E-state index in [2.05, 4.69) is 10.5 Å². The van der Waals surface area contributed by atoms with Crippen molar-refractivity contribution < 1.29 is 15.0 Å². The Morgan fingerprint density at radius 1 is 1.04 bits per heavy atom. The maximum absolute atomic E-state index is 12.3. The quantitative estimate of drug-likeness (QED) is 0.471. The summed E-state index contributed by atoms with van der Waals surface area (Å²) in [6, 6.07) is 13.3. The number of hydrogen-bond acceptors (Lipinski definition) is 4. The molecule has 0 radical (unpaired) electrons. The highest BCUT2D eigenvalue weighted by atomic mass is 35.5. The second-order valence-corrected chi connectivity index (χ2v) is 6.49. The molecule has 138 valence electrons. The van der Waals surface area contributed by atoms with Gasteiger partial charge in [-0.15, -0.1) is 0 Å². The minimum Gasteiger partial charge on any atom is -0.507 e. The number of phenolic OH excluding ortho intramolecular Hbond substituents is 2. The number of benzene rings is 2. The summed E-state index contributed by atoms with van der Waals surface area (Å²) in [6.07, 6.45) is 1.27. The van der Waals surface area contributed by atoms with Gasteiger partial charge in [-0.1, -0.05) is 11.6 Å². The van der Waals surface area contributed by atoms with Gasteiger partial charge in [-0.3, -0.25) is 4.79 Å². The van der Waals surface area contributed by atoms with E-state index < -0.39 is 5.91 Å². The van der Waals surface area contributed by atoms with Gasteiger partial charge in [0.25, 0.3) is 5.91 Å². The van der Waals surface area contributed by atoms with Gasteiger partial charge >= 0.3 is 0 Å². The molecule has 2 aromatic carbocycles. The molecule has 0 aliphatic rings. The van der Waals surface area contributed by atoms with Gasteiger partial charge in [-0.2, -0.15) is 5.10 Å². The third kappa shape index (κ3) is 3.96. The molecule has 3 aromatic rings. The van der Waals surface area contributed by atoms with Gasteiger partial charge in [-0.05, 0) is 56.3 Å². The zero-order valence-corrected chi connectivity index (χ0v) is 15.5. The Labute approximate surface area is 161 Å². The fourth-order valence-electron chi connectivity index (χ4n) is 2.78. The van der Waals surface area contributed by atoms with Crippen LogP contribution < -0.4 is 5.43 Å². The summed E-state index contributed by atoms with van der Waals surface area (Å²) in [6.45, 7) is 3.93. The molecule has 0 saturated heterocycles. The first kappa shape index (κ1) is 18.5. The number of hydrazone groups is 1. The van der Waals surface area contributed by atoms with Crippen LogP contribution >= 0.6 is 11.6 Å². The molecule has 0 unspecified atom stereocenters. The average Bonchev–Trinajstić information content (AvgIpc) is 2.96. The highest BCUT2D eigenvalue weighted by molar-refractivity contribution is 6.30. The predicted octanol–water partition coefficient (Wildman–Crippen LogP) is 3.92. The highest BCUT2D eigenvalue weighted by Gasteiger charge is 2.13. The van der Waals surface area contributed by atoms with E-state index in [9.17, 15) is 15.0 Å². The van der Waals surface area contributed by atoms with Crippen molar-refractivity contribution in [3.63, 3.8) is 0 Å². The molecule has 0 atom stereocenters. The van der Waals surface area contributed by atoms with Crippen LogP contribution in [0.2, 0.25) is 5.02 Å². The number of aryl methyl sites for hydroxylation is 2. The monoisotopic (exact) mass is 383 g/mol. The lowest BCUT2D eigenvalue weighted by Gasteiger charge is -2.11. The van der Waals surface area contributed by atoms with E-state index in [0.717, 1.165) is 17.1 Å². The summed E-state index contributed by atoms with van der Waals surface area (Å²) in [5, 5.41) is 24.2. The van der Waals surface area contributed by atoms with E-state index in [1.54, 1.807) is 12.1 Å². The lowest BCUT2D eigenvalue weighted by molar-refractivity contribution is 0.0952. The highest BCUT2D eigenvalue weighted by Crippen LogP contribution is 2.24. The van der Waals surface area contributed by atoms with Crippen LogP contribution in [0.1, 0.15) is 27.3 Å². The maximum Gasteiger partial charge on any atom is 0.275 e. The Morgan fingerprint density at radius 2 is 1.74 bits per heavy atom. The van der Waals surface area contributed by atoms with E-state index in [4.69, 9.17) is 11.6 Å². The lowest BCUT2D eigenvalue weighted by atomic mass is 10.1. The van der Waals surface area contributed by atoms with Crippen LogP contribution in [0.3, 0.4) is 0 Å². The number of aromatic nitrogens is 1. The molecule has 0 fully saturated rings. The van der Waals surface area contributed by atoms with Gasteiger partial charge in [0.05, 0.1) is 11.8 Å². The molecular formula is C20H18ClN3O3. The summed E-state index contributed by atoms with van der Waals surface area (Å²) in [5.41, 5.74) is 5.58. The second-order valence-electron chi connectivity index (χ2n) is 6.06. The van der Waals surface area contributed by atoms with Gasteiger partial charge < -0.3 is 14.8 Å². The van der Waals surface area contributed by atoms with E-state index in [1.165, 1.54) is 30.5 Å². The van der Waals surface area contributed by atoms with Gasteiger partial charge in [0.1, 0.15) is 11.5 Å². The number of amides is 1. The Morgan fingerprint density at radius 3 is 2.41 bits per heavy atom. The van der Waals surface area contributed by atoms with Gasteiger partial charge in [0, 0.05) is 33.7 Å². The molecular weight excluding hydrogens is 366 g/mol. The van der Waals surface area contributed by atoms with Crippen molar-refractivity contribution in [1.29, 1.82) is 0 Å². The molecule has 0 aliphatic carbocycles. The molecule has 0 bridgehead atoms. The zero-order chi connectivity index (χ0) is 19.6. The first-order valence-electron chi connectivity index (χ1n) is 8.17. The first-order valence-corrected chi connectivity index (χ1v) is 8.55. The number of aromatic hydroxyl groups is 2. The zero-order valence-electron chi connectivity index (χ0n) is 14.8. The third-order valence-electron chi connectivity index (χ3n) is 4.11. The first-order chi connectivity index (χ1) is 12.9. The normalized spacial score (nSPS) is 11.1. The standard InChI is InChI=1S/C20H18ClN3O3/c1-12-3-4-13(2)24(12)16-6-7-17(19(26)10-16)20(27)23-22-11-14-9-15(21)5-8-18(14)25/h3-11,25-26H,1-2H3,(H,23,27)/b22-11-. The van der Waals surface area contributed by atoms with Crippen LogP contribution in [0.25, 0.3) is 5.69 Å². The van der Waals surface area contributed by atoms with Crippen LogP contribution in [0.5, 0.6) is 11.5 Å². The lowest BCUT2D eigenvalue weighted by Crippen LogP contribution is -2.18. The fourth-order valence-corrected chi connectivity index (χ4v) is 2.96. The summed E-state index contributed by atoms with van der Waals surface area (Å²) in [4.78, 5) is 12.3. The number of nitrogens with zero attached hydrogens (tertiary/aromatic N) is 2. The number of phenols is 2. The summed E-state index contributed by atoms with van der Waals surface area (Å²) in [7, 11) is 0. The molecule has 0 saturated carbocycles. The average molecular weight is 384 g/mol. The Kier molecular flexibility index (Phi) is 5.19. The second kappa shape index (κ2) is 7.55. The third-order valence-corrected chi connectivity index (χ3v) is 4.35. The number of rotatable bonds is 4. The number of carbonyl (C=O) groups is 1. The largest absolute Gasteiger partial charge is 0.507 e. The molecule has 0 spiro atoms. The minimum absolute atomic E-state index is 0.0120. The van der Waals surface area contributed by atoms with E-state index in [0.29, 0.717) is 10.6 Å². The van der Waals surface area contributed by atoms with Crippen molar-refractivity contribution in [2.75, 3.05) is 0 Å². The molecule has 3 rings (SSSR count). The van der Waals surface area contributed by atoms with Crippen molar-refractivity contribution in [2.45, 2.75) is 13.8 Å². The Hall–Kier alpha value is -3.25. The van der Waals surface area contributed by atoms with Crippen LogP contribution in [-0.2, 0) is 0 Å². The van der Waals surface area contributed by atoms with Gasteiger partial charge in [0.15, 0.2) is 0 Å². The summed E-state index contributed by atoms with van der Waals surface area (Å²) < 4.78 is 1.97. The van der Waals surface area contributed by atoms with E-state index in [1.807, 2.05) is 30.5 Å². The molecule has 0 aliphatic heterocycles. The molecule has 1 aromatic heterocycles. The predicted molar refractivity (Wildman–Crippen MR) is 105 cm³/mol. The molecule has 3 N–H and O–H groups in total. The molecule has 1 amide bonds. The minimum atomic E-state index is -0.572. The van der Waals surface area contributed by atoms with Crippen molar-refractivity contribution in [2.24, 2.45) is 5.10 Å². The fraction of sp³-hybridized carbons (Fsp3) is 0.100. The SMILES string of the molecule is Cc1ccc(C)n1-c1ccc(C(=O)N/N=C\c2cc(Cl)ccc2O)c(O)c1. The van der Waals surface area contributed by atoms with Crippen LogP contribution in [-0.4, -0.2) is 26.9 Å². The Balaban J connectivity index is 1.77. The molecule has 27 heavy (non-hydrogen) atoms. The van der Waals surface area contributed by atoms with Crippen molar-refractivity contribution in [1.82, 2.24) is 9.99 Å². The molecule has 1 heterocycles. The Bertz CT molecular complexity index is 1020. The number of carbonyl (C=O) groups excluding carboxylic acids is 1. The van der Waals surface area contributed by atoms with Gasteiger partial charge in [-0.25, -0.2) is 5.43 Å². The van der Waals surface area contributed by atoms with Crippen molar-refractivity contribution >= 4 is 23.7 Å². The van der Waals surface area contributed by atoms with E-state index in [-0.39, 0.29) is 17.1 Å². The van der Waals surface area contributed by atoms with Crippen LogP contribution in [0.15, 0.2) is 53.6 Å². The summed E-state index contributed by atoms with van der Waals surface area (Å²) >= 11 is 5.86. The molecule has 6 nitrogen and oxygen atoms in total. The smallest absolute Gasteiger partial charge is 0.275 e. The van der Waals surface area contributed by atoms with Crippen molar-refractivity contribution in [3.05, 3.63) is 76.1 Å². The topological polar surface area (TPSA) is 86.9 Å². The number of hydrogen-bond donors (Lipinski definition) is 3. The number of nitrogens with one attached hydrogen (secondary N) is 1. The van der Waals surface area contributed by atoms with Crippen molar-refractivity contribution in [3.8, 4) is 17.2 Å². The maximum atomic E-state index is 12.3. The van der Waals surface area contributed by atoms with Crippen LogP contribution in [0, 0.1) is 13.8 Å². The number of halogens is 1. The van der Waals surface area contributed by atoms with Crippen LogP contribution in [0.4, 0.5) is 0 Å². The molecule has 7 heteroatoms. The summed E-state index contributed by atoms with van der Waals surface area (Å²) in [5.74, 6) is -0.738. The van der Waals surface area contributed by atoms with Gasteiger partial charge in [0.2, 0.25) is 0 Å².